The number of rotatable bonds is 2. The minimum atomic E-state index is -0.210. The number of aryl methyl sites for hydroxylation is 2. The number of carbonyl (C=O) groups is 1. The second kappa shape index (κ2) is 5.40. The van der Waals surface area contributed by atoms with Gasteiger partial charge >= 0.3 is 0 Å². The lowest BCUT2D eigenvalue weighted by atomic mass is 10.1. The molecule has 4 aromatic rings. The third-order valence-electron chi connectivity index (χ3n) is 3.71. The van der Waals surface area contributed by atoms with Crippen molar-refractivity contribution in [1.82, 2.24) is 9.97 Å². The van der Waals surface area contributed by atoms with E-state index >= 15 is 0 Å². The molecule has 2 heterocycles. The Bertz CT molecular complexity index is 977. The van der Waals surface area contributed by atoms with Gasteiger partial charge in [-0.25, -0.2) is 9.97 Å². The van der Waals surface area contributed by atoms with Crippen LogP contribution in [0.5, 0.6) is 0 Å². The van der Waals surface area contributed by atoms with Crippen LogP contribution in [0, 0.1) is 13.8 Å². The van der Waals surface area contributed by atoms with Crippen molar-refractivity contribution in [2.24, 2.45) is 0 Å². The van der Waals surface area contributed by atoms with Gasteiger partial charge in [0.2, 0.25) is 0 Å². The lowest BCUT2D eigenvalue weighted by Crippen LogP contribution is -2.10. The average molecular weight is 339 g/mol. The lowest BCUT2D eigenvalue weighted by molar-refractivity contribution is 0.102. The highest BCUT2D eigenvalue weighted by Crippen LogP contribution is 2.29. The van der Waals surface area contributed by atoms with E-state index < -0.39 is 0 Å². The molecule has 0 saturated carbocycles. The quantitative estimate of drug-likeness (QED) is 0.572. The van der Waals surface area contributed by atoms with Gasteiger partial charge in [0.15, 0.2) is 10.1 Å². The first-order valence-corrected chi connectivity index (χ1v) is 8.78. The topological polar surface area (TPSA) is 54.9 Å². The van der Waals surface area contributed by atoms with Crippen molar-refractivity contribution in [1.29, 1.82) is 0 Å². The smallest absolute Gasteiger partial charge is 0.286 e. The molecule has 0 aliphatic rings. The molecule has 0 atom stereocenters. The first-order valence-electron chi connectivity index (χ1n) is 7.15. The summed E-state index contributed by atoms with van der Waals surface area (Å²) in [6.45, 7) is 4.14. The molecule has 1 N–H and O–H groups in total. The molecule has 4 rings (SSSR count). The van der Waals surface area contributed by atoms with E-state index in [9.17, 15) is 4.79 Å². The Kier molecular flexibility index (Phi) is 3.36. The number of nitrogens with one attached hydrogen (secondary N) is 1. The van der Waals surface area contributed by atoms with Crippen LogP contribution in [0.4, 0.5) is 5.13 Å². The molecule has 2 aromatic heterocycles. The molecule has 6 heteroatoms. The van der Waals surface area contributed by atoms with E-state index in [1.54, 1.807) is 0 Å². The van der Waals surface area contributed by atoms with Crippen LogP contribution in [-0.2, 0) is 0 Å². The second-order valence-electron chi connectivity index (χ2n) is 5.36. The fourth-order valence-corrected chi connectivity index (χ4v) is 4.16. The van der Waals surface area contributed by atoms with Crippen LogP contribution in [0.1, 0.15) is 20.9 Å². The summed E-state index contributed by atoms with van der Waals surface area (Å²) in [5, 5.41) is 3.93. The van der Waals surface area contributed by atoms with Gasteiger partial charge in [-0.2, -0.15) is 0 Å². The molecule has 0 aliphatic carbocycles. The van der Waals surface area contributed by atoms with E-state index in [0.29, 0.717) is 10.1 Å². The summed E-state index contributed by atoms with van der Waals surface area (Å²) >= 11 is 2.87. The van der Waals surface area contributed by atoms with Crippen molar-refractivity contribution in [2.45, 2.75) is 13.8 Å². The summed E-state index contributed by atoms with van der Waals surface area (Å²) in [5.41, 5.74) is 4.19. The van der Waals surface area contributed by atoms with Crippen LogP contribution in [0.25, 0.3) is 20.4 Å². The van der Waals surface area contributed by atoms with Gasteiger partial charge < -0.3 is 0 Å². The summed E-state index contributed by atoms with van der Waals surface area (Å²) in [6, 6.07) is 11.9. The lowest BCUT2D eigenvalue weighted by Gasteiger charge is -1.96. The molecule has 1 amide bonds. The summed E-state index contributed by atoms with van der Waals surface area (Å²) in [7, 11) is 0. The maximum absolute atomic E-state index is 12.4. The third-order valence-corrected chi connectivity index (χ3v) is 5.68. The summed E-state index contributed by atoms with van der Waals surface area (Å²) in [6.07, 6.45) is 0. The van der Waals surface area contributed by atoms with E-state index in [4.69, 9.17) is 0 Å². The predicted octanol–water partition coefficient (Wildman–Crippen LogP) is 4.78. The molecule has 114 valence electrons. The summed E-state index contributed by atoms with van der Waals surface area (Å²) < 4.78 is 2.08. The molecule has 0 radical (unpaired) electrons. The number of aromatic nitrogens is 2. The van der Waals surface area contributed by atoms with Crippen LogP contribution in [0.3, 0.4) is 0 Å². The van der Waals surface area contributed by atoms with Crippen molar-refractivity contribution >= 4 is 54.1 Å². The standard InChI is InChI=1S/C17H13N3OS2/c1-9-7-12-14(8-10(9)2)23-17(19-12)20-15(21)16-18-11-5-3-4-6-13(11)22-16/h3-8H,1-2H3,(H,19,20,21). The minimum Gasteiger partial charge on any atom is -0.296 e. The van der Waals surface area contributed by atoms with Crippen molar-refractivity contribution < 1.29 is 4.79 Å². The van der Waals surface area contributed by atoms with Gasteiger partial charge in [0.05, 0.1) is 20.4 Å². The van der Waals surface area contributed by atoms with Crippen molar-refractivity contribution in [3.05, 3.63) is 52.5 Å². The highest BCUT2D eigenvalue weighted by Gasteiger charge is 2.14. The Hall–Kier alpha value is -2.31. The number of thiazole rings is 2. The van der Waals surface area contributed by atoms with E-state index in [1.807, 2.05) is 24.3 Å². The maximum atomic E-state index is 12.4. The fourth-order valence-electron chi connectivity index (χ4n) is 2.35. The zero-order valence-electron chi connectivity index (χ0n) is 12.6. The first kappa shape index (κ1) is 14.3. The van der Waals surface area contributed by atoms with Gasteiger partial charge in [0.25, 0.3) is 5.91 Å². The Morgan fingerprint density at radius 1 is 0.957 bits per heavy atom. The summed E-state index contributed by atoms with van der Waals surface area (Å²) in [5.74, 6) is -0.210. The molecule has 4 nitrogen and oxygen atoms in total. The van der Waals surface area contributed by atoms with Crippen LogP contribution in [0.15, 0.2) is 36.4 Å². The number of carbonyl (C=O) groups excluding carboxylic acids is 1. The molecular formula is C17H13N3OS2. The van der Waals surface area contributed by atoms with Crippen molar-refractivity contribution in [3.8, 4) is 0 Å². The zero-order chi connectivity index (χ0) is 16.0. The number of para-hydroxylation sites is 1. The molecule has 0 saturated heterocycles. The van der Waals surface area contributed by atoms with Crippen LogP contribution >= 0.6 is 22.7 Å². The first-order chi connectivity index (χ1) is 11.1. The Balaban J connectivity index is 1.65. The monoisotopic (exact) mass is 339 g/mol. The van der Waals surface area contributed by atoms with Gasteiger partial charge in [-0.3, -0.25) is 10.1 Å². The van der Waals surface area contributed by atoms with Gasteiger partial charge in [0, 0.05) is 0 Å². The van der Waals surface area contributed by atoms with Crippen molar-refractivity contribution in [3.63, 3.8) is 0 Å². The third kappa shape index (κ3) is 2.60. The number of nitrogens with zero attached hydrogens (tertiary/aromatic N) is 2. The Labute approximate surface area is 140 Å². The normalized spacial score (nSPS) is 11.2. The number of fused-ring (bicyclic) bond motifs is 2. The van der Waals surface area contributed by atoms with E-state index in [-0.39, 0.29) is 5.91 Å². The second-order valence-corrected chi connectivity index (χ2v) is 7.43. The number of anilines is 1. The minimum absolute atomic E-state index is 0.210. The van der Waals surface area contributed by atoms with Gasteiger partial charge in [-0.1, -0.05) is 23.5 Å². The molecule has 2 aromatic carbocycles. The van der Waals surface area contributed by atoms with Crippen LogP contribution < -0.4 is 5.32 Å². The fraction of sp³-hybridized carbons (Fsp3) is 0.118. The SMILES string of the molecule is Cc1cc2nc(NC(=O)c3nc4ccccc4s3)sc2cc1C. The summed E-state index contributed by atoms with van der Waals surface area (Å²) in [4.78, 5) is 21.3. The largest absolute Gasteiger partial charge is 0.296 e. The predicted molar refractivity (Wildman–Crippen MR) is 96.7 cm³/mol. The van der Waals surface area contributed by atoms with E-state index in [1.165, 1.54) is 33.8 Å². The molecule has 0 unspecified atom stereocenters. The Morgan fingerprint density at radius 2 is 1.74 bits per heavy atom. The van der Waals surface area contributed by atoms with Gasteiger partial charge in [-0.15, -0.1) is 11.3 Å². The Morgan fingerprint density at radius 3 is 2.57 bits per heavy atom. The molecule has 0 bridgehead atoms. The van der Waals surface area contributed by atoms with Crippen molar-refractivity contribution in [2.75, 3.05) is 5.32 Å². The van der Waals surface area contributed by atoms with Gasteiger partial charge in [-0.05, 0) is 49.2 Å². The van der Waals surface area contributed by atoms with Crippen LogP contribution in [0.2, 0.25) is 0 Å². The number of hydrogen-bond donors (Lipinski definition) is 1. The van der Waals surface area contributed by atoms with Crippen LogP contribution in [-0.4, -0.2) is 15.9 Å². The molecule has 23 heavy (non-hydrogen) atoms. The average Bonchev–Trinajstić information content (AvgIpc) is 3.11. The zero-order valence-corrected chi connectivity index (χ0v) is 14.2. The van der Waals surface area contributed by atoms with Gasteiger partial charge in [0.1, 0.15) is 0 Å². The highest BCUT2D eigenvalue weighted by molar-refractivity contribution is 7.22. The molecule has 0 fully saturated rings. The maximum Gasteiger partial charge on any atom is 0.286 e. The molecular weight excluding hydrogens is 326 g/mol. The molecule has 0 spiro atoms. The number of benzene rings is 2. The number of hydrogen-bond acceptors (Lipinski definition) is 5. The highest BCUT2D eigenvalue weighted by atomic mass is 32.1. The van der Waals surface area contributed by atoms with E-state index in [2.05, 4.69) is 41.3 Å². The number of amides is 1. The van der Waals surface area contributed by atoms with E-state index in [0.717, 1.165) is 20.4 Å². The molecule has 0 aliphatic heterocycles.